The molecule has 0 bridgehead atoms. The van der Waals surface area contributed by atoms with Crippen molar-refractivity contribution in [3.05, 3.63) is 29.8 Å². The summed E-state index contributed by atoms with van der Waals surface area (Å²) in [6, 6.07) is 5.09. The standard InChI is InChI=1S/C17H24F3NO4S/c1-6-25-14(22)11-16(17(18,19)20,21-26(23)15(2,3)4)12-7-9-13(24-5)10-8-12/h7-10,21H,6,11H2,1-5H3/t16-,26-/m0/s1. The van der Waals surface area contributed by atoms with Gasteiger partial charge in [0.2, 0.25) is 0 Å². The SMILES string of the molecule is CCOC(=O)C[C@](N[S@@](=O)C(C)(C)C)(c1ccc(OC)cc1)C(F)(F)F. The van der Waals surface area contributed by atoms with E-state index >= 15 is 0 Å². The molecule has 0 aromatic heterocycles. The number of nitrogens with one attached hydrogen (secondary N) is 1. The summed E-state index contributed by atoms with van der Waals surface area (Å²) in [6.45, 7) is 6.06. The lowest BCUT2D eigenvalue weighted by molar-refractivity contribution is -0.202. The highest BCUT2D eigenvalue weighted by atomic mass is 32.2. The van der Waals surface area contributed by atoms with Gasteiger partial charge < -0.3 is 9.47 Å². The topological polar surface area (TPSA) is 64.6 Å². The van der Waals surface area contributed by atoms with E-state index in [1.807, 2.05) is 0 Å². The molecule has 1 rings (SSSR count). The fraction of sp³-hybridized carbons (Fsp3) is 0.588. The van der Waals surface area contributed by atoms with Crippen LogP contribution in [0.2, 0.25) is 0 Å². The molecule has 148 valence electrons. The van der Waals surface area contributed by atoms with Crippen LogP contribution >= 0.6 is 0 Å². The Morgan fingerprint density at radius 3 is 2.08 bits per heavy atom. The molecule has 0 fully saturated rings. The third-order valence-corrected chi connectivity index (χ3v) is 5.25. The average molecular weight is 395 g/mol. The molecule has 26 heavy (non-hydrogen) atoms. The Balaban J connectivity index is 3.51. The number of carbonyl (C=O) groups excluding carboxylic acids is 1. The number of halogens is 3. The van der Waals surface area contributed by atoms with E-state index in [4.69, 9.17) is 9.47 Å². The summed E-state index contributed by atoms with van der Waals surface area (Å²) in [5.74, 6) is -0.683. The van der Waals surface area contributed by atoms with Gasteiger partial charge in [-0.15, -0.1) is 0 Å². The Labute approximate surface area is 153 Å². The largest absolute Gasteiger partial charge is 0.497 e. The summed E-state index contributed by atoms with van der Waals surface area (Å²) < 4.78 is 65.8. The Morgan fingerprint density at radius 1 is 1.15 bits per heavy atom. The lowest BCUT2D eigenvalue weighted by atomic mass is 9.86. The van der Waals surface area contributed by atoms with Crippen molar-refractivity contribution in [1.29, 1.82) is 0 Å². The second kappa shape index (κ2) is 8.39. The monoisotopic (exact) mass is 395 g/mol. The third-order valence-electron chi connectivity index (χ3n) is 3.60. The van der Waals surface area contributed by atoms with Crippen LogP contribution in [0.25, 0.3) is 0 Å². The number of rotatable bonds is 7. The molecule has 5 nitrogen and oxygen atoms in total. The molecule has 0 unspecified atom stereocenters. The van der Waals surface area contributed by atoms with E-state index in [0.717, 1.165) is 0 Å². The number of hydrogen-bond acceptors (Lipinski definition) is 4. The van der Waals surface area contributed by atoms with Crippen molar-refractivity contribution in [1.82, 2.24) is 4.72 Å². The number of hydrogen-bond donors (Lipinski definition) is 1. The molecule has 9 heteroatoms. The zero-order valence-corrected chi connectivity index (χ0v) is 16.2. The van der Waals surface area contributed by atoms with Gasteiger partial charge in [-0.2, -0.15) is 13.2 Å². The number of benzene rings is 1. The van der Waals surface area contributed by atoms with Crippen molar-refractivity contribution in [3.63, 3.8) is 0 Å². The summed E-state index contributed by atoms with van der Waals surface area (Å²) in [5, 5.41) is 0. The fourth-order valence-electron chi connectivity index (χ4n) is 2.13. The number of carbonyl (C=O) groups is 1. The highest BCUT2D eigenvalue weighted by Gasteiger charge is 2.59. The molecule has 0 aliphatic rings. The van der Waals surface area contributed by atoms with Crippen LogP contribution in [-0.4, -0.2) is 34.8 Å². The Kier molecular flexibility index (Phi) is 7.24. The van der Waals surface area contributed by atoms with Gasteiger partial charge in [0, 0.05) is 0 Å². The highest BCUT2D eigenvalue weighted by Crippen LogP contribution is 2.43. The molecular weight excluding hydrogens is 371 g/mol. The van der Waals surface area contributed by atoms with E-state index < -0.39 is 39.8 Å². The van der Waals surface area contributed by atoms with Gasteiger partial charge in [-0.3, -0.25) is 4.79 Å². The molecule has 0 aliphatic carbocycles. The molecular formula is C17H24F3NO4S. The summed E-state index contributed by atoms with van der Waals surface area (Å²) in [4.78, 5) is 11.9. The van der Waals surface area contributed by atoms with Gasteiger partial charge in [0.1, 0.15) is 5.75 Å². The normalized spacial score (nSPS) is 15.8. The zero-order valence-electron chi connectivity index (χ0n) is 15.4. The number of esters is 1. The summed E-state index contributed by atoms with van der Waals surface area (Å²) in [6.07, 6.45) is -5.95. The van der Waals surface area contributed by atoms with E-state index in [0.29, 0.717) is 5.75 Å². The minimum absolute atomic E-state index is 0.0578. The number of alkyl halides is 3. The van der Waals surface area contributed by atoms with Gasteiger partial charge in [-0.25, -0.2) is 8.93 Å². The van der Waals surface area contributed by atoms with Crippen molar-refractivity contribution in [2.75, 3.05) is 13.7 Å². The molecule has 1 aromatic carbocycles. The Bertz CT molecular complexity index is 641. The Hall–Kier alpha value is -1.61. The first kappa shape index (κ1) is 22.4. The summed E-state index contributed by atoms with van der Waals surface area (Å²) >= 11 is 0. The first-order chi connectivity index (χ1) is 11.9. The second-order valence-corrected chi connectivity index (χ2v) is 8.56. The molecule has 0 radical (unpaired) electrons. The first-order valence-corrected chi connectivity index (χ1v) is 9.09. The van der Waals surface area contributed by atoms with Gasteiger partial charge >= 0.3 is 12.1 Å². The second-order valence-electron chi connectivity index (χ2n) is 6.60. The van der Waals surface area contributed by atoms with E-state index in [1.54, 1.807) is 0 Å². The van der Waals surface area contributed by atoms with Gasteiger partial charge in [-0.1, -0.05) is 12.1 Å². The molecule has 0 spiro atoms. The molecule has 0 saturated heterocycles. The van der Waals surface area contributed by atoms with E-state index in [2.05, 4.69) is 4.72 Å². The third kappa shape index (κ3) is 5.20. The summed E-state index contributed by atoms with van der Waals surface area (Å²) in [5.41, 5.74) is -3.11. The molecule has 0 saturated carbocycles. The van der Waals surface area contributed by atoms with E-state index in [-0.39, 0.29) is 12.2 Å². The highest BCUT2D eigenvalue weighted by molar-refractivity contribution is 7.84. The van der Waals surface area contributed by atoms with Crippen molar-refractivity contribution in [3.8, 4) is 5.75 Å². The van der Waals surface area contributed by atoms with Crippen LogP contribution in [0.3, 0.4) is 0 Å². The lowest BCUT2D eigenvalue weighted by Gasteiger charge is -2.37. The molecule has 1 N–H and O–H groups in total. The minimum Gasteiger partial charge on any atom is -0.497 e. The predicted molar refractivity (Wildman–Crippen MR) is 93.0 cm³/mol. The van der Waals surface area contributed by atoms with Crippen LogP contribution < -0.4 is 9.46 Å². The van der Waals surface area contributed by atoms with Crippen LogP contribution in [0.15, 0.2) is 24.3 Å². The molecule has 0 amide bonds. The maximum atomic E-state index is 14.2. The lowest BCUT2D eigenvalue weighted by Crippen LogP contribution is -2.58. The maximum Gasteiger partial charge on any atom is 0.412 e. The van der Waals surface area contributed by atoms with Crippen LogP contribution in [0, 0.1) is 0 Å². The maximum absolute atomic E-state index is 14.2. The first-order valence-electron chi connectivity index (χ1n) is 7.94. The van der Waals surface area contributed by atoms with Crippen LogP contribution in [0.4, 0.5) is 13.2 Å². The van der Waals surface area contributed by atoms with Crippen LogP contribution in [0.1, 0.15) is 39.7 Å². The van der Waals surface area contributed by atoms with E-state index in [1.165, 1.54) is 59.1 Å². The average Bonchev–Trinajstić information content (AvgIpc) is 2.52. The Morgan fingerprint density at radius 2 is 1.69 bits per heavy atom. The smallest absolute Gasteiger partial charge is 0.412 e. The molecule has 1 aromatic rings. The molecule has 0 aliphatic heterocycles. The minimum atomic E-state index is -4.91. The van der Waals surface area contributed by atoms with Gasteiger partial charge in [-0.05, 0) is 45.4 Å². The van der Waals surface area contributed by atoms with Gasteiger partial charge in [0.05, 0.1) is 35.9 Å². The predicted octanol–water partition coefficient (Wildman–Crippen LogP) is 3.46. The fourth-order valence-corrected chi connectivity index (χ4v) is 3.06. The van der Waals surface area contributed by atoms with Crippen molar-refractivity contribution in [2.45, 2.75) is 50.6 Å². The van der Waals surface area contributed by atoms with Crippen LogP contribution in [0.5, 0.6) is 5.75 Å². The van der Waals surface area contributed by atoms with E-state index in [9.17, 15) is 22.2 Å². The zero-order chi connectivity index (χ0) is 20.2. The van der Waals surface area contributed by atoms with Crippen molar-refractivity contribution < 1.29 is 31.6 Å². The van der Waals surface area contributed by atoms with Crippen molar-refractivity contribution in [2.24, 2.45) is 0 Å². The van der Waals surface area contributed by atoms with Gasteiger partial charge in [0.15, 0.2) is 5.54 Å². The number of ether oxygens (including phenoxy) is 2. The molecule has 2 atom stereocenters. The van der Waals surface area contributed by atoms with Gasteiger partial charge in [0.25, 0.3) is 0 Å². The molecule has 0 heterocycles. The van der Waals surface area contributed by atoms with Crippen molar-refractivity contribution >= 4 is 17.0 Å². The number of methoxy groups -OCH3 is 1. The summed E-state index contributed by atoms with van der Waals surface area (Å²) in [7, 11) is -0.704. The van der Waals surface area contributed by atoms with Crippen LogP contribution in [-0.2, 0) is 26.1 Å². The quantitative estimate of drug-likeness (QED) is 0.718.